The Morgan fingerprint density at radius 1 is 1.00 bits per heavy atom. The van der Waals surface area contributed by atoms with Crippen LogP contribution in [0.15, 0.2) is 47.6 Å². The quantitative estimate of drug-likeness (QED) is 0.199. The number of carbonyl (C=O) groups is 1. The van der Waals surface area contributed by atoms with Crippen LogP contribution >= 0.6 is 0 Å². The van der Waals surface area contributed by atoms with Crippen molar-refractivity contribution in [2.24, 2.45) is 11.8 Å². The molecule has 8 nitrogen and oxygen atoms in total. The molecule has 6 N–H and O–H groups in total. The molecule has 1 aliphatic heterocycles. The average molecular weight is 581 g/mol. The molecule has 0 amide bonds. The van der Waals surface area contributed by atoms with E-state index in [-0.39, 0.29) is 31.1 Å². The van der Waals surface area contributed by atoms with Crippen LogP contribution in [0.5, 0.6) is 0 Å². The summed E-state index contributed by atoms with van der Waals surface area (Å²) in [5, 5.41) is 63.7. The van der Waals surface area contributed by atoms with Gasteiger partial charge >= 0.3 is 5.97 Å². The number of aliphatic hydroxyl groups excluding tert-OH is 5. The molecule has 0 spiro atoms. The van der Waals surface area contributed by atoms with Crippen LogP contribution in [0.4, 0.5) is 0 Å². The SMILES string of the molecule is C=C1/C=C(\C)[C@](C)(O)C[C@@H](O)CC[C@@H](O)[C@@H](O)[C@H](C)CC(CC)OC(=O)/C(C)=C/CCC(O)/C=C/C(O)C[C@H](C)C1. The second-order valence-corrected chi connectivity index (χ2v) is 12.4. The van der Waals surface area contributed by atoms with Crippen molar-refractivity contribution in [1.82, 2.24) is 0 Å². The van der Waals surface area contributed by atoms with Crippen molar-refractivity contribution in [3.8, 4) is 0 Å². The average Bonchev–Trinajstić information content (AvgIpc) is 2.88. The van der Waals surface area contributed by atoms with Crippen LogP contribution in [-0.4, -0.2) is 78.8 Å². The Labute approximate surface area is 247 Å². The fourth-order valence-electron chi connectivity index (χ4n) is 5.18. The Bertz CT molecular complexity index is 905. The third-order valence-electron chi connectivity index (χ3n) is 8.08. The molecule has 0 saturated heterocycles. The minimum atomic E-state index is -1.30. The summed E-state index contributed by atoms with van der Waals surface area (Å²) in [5.74, 6) is -0.728. The summed E-state index contributed by atoms with van der Waals surface area (Å²) in [6, 6.07) is 0. The third kappa shape index (κ3) is 14.3. The van der Waals surface area contributed by atoms with Crippen LogP contribution in [-0.2, 0) is 9.53 Å². The minimum absolute atomic E-state index is 0.0586. The first kappa shape index (κ1) is 37.2. The van der Waals surface area contributed by atoms with Gasteiger partial charge < -0.3 is 35.4 Å². The normalized spacial score (nSPS) is 40.5. The highest BCUT2D eigenvalue weighted by atomic mass is 16.5. The van der Waals surface area contributed by atoms with E-state index in [2.05, 4.69) is 6.58 Å². The Morgan fingerprint density at radius 3 is 2.27 bits per heavy atom. The molecule has 0 bridgehead atoms. The maximum Gasteiger partial charge on any atom is 0.333 e. The fraction of sp³-hybridized carbons (Fsp3) is 0.727. The highest BCUT2D eigenvalue weighted by molar-refractivity contribution is 5.87. The predicted molar refractivity (Wildman–Crippen MR) is 162 cm³/mol. The highest BCUT2D eigenvalue weighted by Crippen LogP contribution is 2.28. The highest BCUT2D eigenvalue weighted by Gasteiger charge is 2.30. The molecule has 1 heterocycles. The summed E-state index contributed by atoms with van der Waals surface area (Å²) in [6.45, 7) is 14.8. The van der Waals surface area contributed by atoms with E-state index < -0.39 is 48.2 Å². The molecule has 0 aliphatic carbocycles. The lowest BCUT2D eigenvalue weighted by Crippen LogP contribution is -2.36. The van der Waals surface area contributed by atoms with E-state index in [0.29, 0.717) is 49.7 Å². The number of hydrogen-bond donors (Lipinski definition) is 6. The molecule has 236 valence electrons. The number of ether oxygens (including phenoxy) is 1. The molecule has 0 aromatic heterocycles. The van der Waals surface area contributed by atoms with Crippen molar-refractivity contribution < 1.29 is 40.2 Å². The largest absolute Gasteiger partial charge is 0.459 e. The topological polar surface area (TPSA) is 148 Å². The monoisotopic (exact) mass is 580 g/mol. The Kier molecular flexibility index (Phi) is 16.3. The summed E-state index contributed by atoms with van der Waals surface area (Å²) >= 11 is 0. The molecule has 0 saturated carbocycles. The molecule has 41 heavy (non-hydrogen) atoms. The van der Waals surface area contributed by atoms with Crippen LogP contribution in [0.3, 0.4) is 0 Å². The lowest BCUT2D eigenvalue weighted by atomic mass is 9.86. The number of cyclic esters (lactones) is 1. The molecule has 0 radical (unpaired) electrons. The molecule has 0 fully saturated rings. The molecule has 8 heteroatoms. The molecule has 3 unspecified atom stereocenters. The third-order valence-corrected chi connectivity index (χ3v) is 8.08. The smallest absolute Gasteiger partial charge is 0.333 e. The van der Waals surface area contributed by atoms with Crippen molar-refractivity contribution in [2.45, 2.75) is 142 Å². The number of hydrogen-bond acceptors (Lipinski definition) is 8. The van der Waals surface area contributed by atoms with Gasteiger partial charge in [-0.2, -0.15) is 0 Å². The maximum absolute atomic E-state index is 12.6. The van der Waals surface area contributed by atoms with Gasteiger partial charge in [-0.25, -0.2) is 4.79 Å². The molecular formula is C33H56O8. The van der Waals surface area contributed by atoms with Crippen molar-refractivity contribution in [3.05, 3.63) is 47.6 Å². The first-order valence-electron chi connectivity index (χ1n) is 15.1. The number of aliphatic hydroxyl groups is 6. The van der Waals surface area contributed by atoms with Gasteiger partial charge in [-0.15, -0.1) is 0 Å². The second-order valence-electron chi connectivity index (χ2n) is 12.4. The van der Waals surface area contributed by atoms with Crippen molar-refractivity contribution in [2.75, 3.05) is 0 Å². The summed E-state index contributed by atoms with van der Waals surface area (Å²) in [7, 11) is 0. The number of rotatable bonds is 1. The van der Waals surface area contributed by atoms with Gasteiger partial charge in [0.1, 0.15) is 6.10 Å². The van der Waals surface area contributed by atoms with Gasteiger partial charge in [0.15, 0.2) is 0 Å². The van der Waals surface area contributed by atoms with E-state index in [1.807, 2.05) is 19.9 Å². The van der Waals surface area contributed by atoms with Crippen LogP contribution in [0, 0.1) is 11.8 Å². The second kappa shape index (κ2) is 18.0. The summed E-state index contributed by atoms with van der Waals surface area (Å²) in [4.78, 5) is 12.6. The van der Waals surface area contributed by atoms with E-state index in [4.69, 9.17) is 4.74 Å². The fourth-order valence-corrected chi connectivity index (χ4v) is 5.18. The lowest BCUT2D eigenvalue weighted by molar-refractivity contribution is -0.146. The van der Waals surface area contributed by atoms with Crippen molar-refractivity contribution in [1.29, 1.82) is 0 Å². The number of esters is 1. The van der Waals surface area contributed by atoms with E-state index in [0.717, 1.165) is 5.57 Å². The van der Waals surface area contributed by atoms with Gasteiger partial charge in [0.05, 0.1) is 36.1 Å². The van der Waals surface area contributed by atoms with Crippen molar-refractivity contribution >= 4 is 5.97 Å². The Hall–Kier alpha value is -1.81. The Morgan fingerprint density at radius 2 is 1.63 bits per heavy atom. The molecule has 1 rings (SSSR count). The summed E-state index contributed by atoms with van der Waals surface area (Å²) < 4.78 is 5.65. The van der Waals surface area contributed by atoms with Crippen LogP contribution in [0.1, 0.15) is 99.3 Å². The van der Waals surface area contributed by atoms with E-state index in [9.17, 15) is 35.4 Å². The van der Waals surface area contributed by atoms with E-state index in [1.54, 1.807) is 45.9 Å². The standard InChI is InChI=1S/C33H56O8/c1-8-29-19-24(5)31(38)30(37)15-14-28(36)20-33(7,40)25(6)17-21(2)16-22(3)18-27(35)13-12-26(34)11-9-10-23(4)32(39)41-29/h10,12-13,17,22,24,26-31,34-38,40H,2,8-9,11,14-16,18-20H2,1,3-7H3/b13-12+,23-10+,25-17+/t22-,24-,26?,27?,28+,29?,30-,31+,33-/m1/s1. The molecule has 0 aromatic rings. The molecule has 9 atom stereocenters. The zero-order chi connectivity index (χ0) is 31.3. The lowest BCUT2D eigenvalue weighted by Gasteiger charge is -2.30. The van der Waals surface area contributed by atoms with Gasteiger partial charge in [-0.05, 0) is 89.5 Å². The van der Waals surface area contributed by atoms with Gasteiger partial charge in [0.2, 0.25) is 0 Å². The minimum Gasteiger partial charge on any atom is -0.459 e. The van der Waals surface area contributed by atoms with Gasteiger partial charge in [-0.3, -0.25) is 0 Å². The first-order valence-corrected chi connectivity index (χ1v) is 15.1. The zero-order valence-electron chi connectivity index (χ0n) is 26.0. The molecule has 1 aliphatic rings. The summed E-state index contributed by atoms with van der Waals surface area (Å²) in [6.07, 6.45) is 4.94. The molecule has 0 aromatic carbocycles. The van der Waals surface area contributed by atoms with Gasteiger partial charge in [-0.1, -0.05) is 57.2 Å². The van der Waals surface area contributed by atoms with Crippen LogP contribution in [0.2, 0.25) is 0 Å². The number of allylic oxidation sites excluding steroid dienone is 3. The van der Waals surface area contributed by atoms with Crippen LogP contribution < -0.4 is 0 Å². The van der Waals surface area contributed by atoms with E-state index in [1.165, 1.54) is 0 Å². The molecular weight excluding hydrogens is 524 g/mol. The van der Waals surface area contributed by atoms with Crippen LogP contribution in [0.25, 0.3) is 0 Å². The van der Waals surface area contributed by atoms with E-state index >= 15 is 0 Å². The van der Waals surface area contributed by atoms with Gasteiger partial charge in [0, 0.05) is 12.0 Å². The Balaban J connectivity index is 3.09. The predicted octanol–water partition coefficient (Wildman–Crippen LogP) is 4.28. The number of carbonyl (C=O) groups excluding carboxylic acids is 1. The summed E-state index contributed by atoms with van der Waals surface area (Å²) in [5.41, 5.74) is 0.576. The van der Waals surface area contributed by atoms with Gasteiger partial charge in [0.25, 0.3) is 0 Å². The maximum atomic E-state index is 12.6. The zero-order valence-corrected chi connectivity index (χ0v) is 26.0. The van der Waals surface area contributed by atoms with Crippen molar-refractivity contribution in [3.63, 3.8) is 0 Å². The first-order chi connectivity index (χ1) is 19.0.